The maximum atomic E-state index is 12.7. The number of carbonyl (C=O) groups is 1. The monoisotopic (exact) mass is 341 g/mol. The van der Waals surface area contributed by atoms with E-state index in [1.165, 1.54) is 24.3 Å². The minimum absolute atomic E-state index is 0.0353. The predicted octanol–water partition coefficient (Wildman–Crippen LogP) is 3.54. The van der Waals surface area contributed by atoms with Crippen molar-refractivity contribution in [2.24, 2.45) is 0 Å². The molecule has 3 rings (SSSR count). The fraction of sp³-hybridized carbons (Fsp3) is 0.278. The maximum absolute atomic E-state index is 12.7. The van der Waals surface area contributed by atoms with Crippen molar-refractivity contribution in [3.8, 4) is 5.75 Å². The van der Waals surface area contributed by atoms with Crippen LogP contribution in [0.25, 0.3) is 0 Å². The van der Waals surface area contributed by atoms with E-state index < -0.39 is 10.8 Å². The Morgan fingerprint density at radius 2 is 1.88 bits per heavy atom. The van der Waals surface area contributed by atoms with Gasteiger partial charge in [-0.3, -0.25) is 14.9 Å². The molecule has 1 amide bonds. The first-order valence-electron chi connectivity index (χ1n) is 8.18. The number of hydrogen-bond donors (Lipinski definition) is 2. The molecular formula is C18H19N3O4. The van der Waals surface area contributed by atoms with Crippen molar-refractivity contribution in [1.82, 2.24) is 0 Å². The third-order valence-corrected chi connectivity index (χ3v) is 4.24. The zero-order chi connectivity index (χ0) is 17.8. The minimum atomic E-state index is -0.509. The van der Waals surface area contributed by atoms with E-state index in [2.05, 4.69) is 10.2 Å². The van der Waals surface area contributed by atoms with E-state index in [-0.39, 0.29) is 17.0 Å². The number of nitrogens with one attached hydrogen (secondary N) is 1. The van der Waals surface area contributed by atoms with Gasteiger partial charge in [-0.2, -0.15) is 0 Å². The molecule has 0 spiro atoms. The maximum Gasteiger partial charge on any atom is 0.270 e. The van der Waals surface area contributed by atoms with Gasteiger partial charge in [-0.1, -0.05) is 6.07 Å². The van der Waals surface area contributed by atoms with Crippen LogP contribution in [-0.4, -0.2) is 29.0 Å². The molecule has 7 heteroatoms. The van der Waals surface area contributed by atoms with Gasteiger partial charge < -0.3 is 15.3 Å². The summed E-state index contributed by atoms with van der Waals surface area (Å²) in [5, 5.41) is 23.3. The van der Waals surface area contributed by atoms with Gasteiger partial charge in [0.25, 0.3) is 11.6 Å². The van der Waals surface area contributed by atoms with E-state index in [0.29, 0.717) is 11.4 Å². The summed E-state index contributed by atoms with van der Waals surface area (Å²) in [6, 6.07) is 10.6. The summed E-state index contributed by atoms with van der Waals surface area (Å²) in [6.45, 7) is 1.65. The number of nitro benzene ring substituents is 1. The smallest absolute Gasteiger partial charge is 0.270 e. The highest BCUT2D eigenvalue weighted by Gasteiger charge is 2.22. The van der Waals surface area contributed by atoms with Gasteiger partial charge in [-0.25, -0.2) is 0 Å². The average Bonchev–Trinajstić information content (AvgIpc) is 2.62. The number of phenols is 1. The lowest BCUT2D eigenvalue weighted by molar-refractivity contribution is -0.384. The molecule has 0 saturated carbocycles. The Labute approximate surface area is 145 Å². The minimum Gasteiger partial charge on any atom is -0.508 e. The van der Waals surface area contributed by atoms with Crippen LogP contribution in [0, 0.1) is 10.1 Å². The average molecular weight is 341 g/mol. The van der Waals surface area contributed by atoms with Crippen molar-refractivity contribution in [3.05, 3.63) is 58.1 Å². The van der Waals surface area contributed by atoms with E-state index in [0.717, 1.165) is 32.4 Å². The number of phenolic OH excluding ortho intramolecular Hbond substituents is 1. The second kappa shape index (κ2) is 7.21. The van der Waals surface area contributed by atoms with Gasteiger partial charge in [0, 0.05) is 37.0 Å². The summed E-state index contributed by atoms with van der Waals surface area (Å²) in [5.74, 6) is -0.400. The highest BCUT2D eigenvalue weighted by atomic mass is 16.6. The highest BCUT2D eigenvalue weighted by molar-refractivity contribution is 6.08. The molecule has 0 aliphatic carbocycles. The Hall–Kier alpha value is -3.09. The van der Waals surface area contributed by atoms with Crippen LogP contribution in [0.1, 0.15) is 29.6 Å². The molecule has 130 valence electrons. The largest absolute Gasteiger partial charge is 0.508 e. The summed E-state index contributed by atoms with van der Waals surface area (Å²) in [6.07, 6.45) is 3.21. The lowest BCUT2D eigenvalue weighted by Crippen LogP contribution is -2.31. The third kappa shape index (κ3) is 3.88. The Morgan fingerprint density at radius 1 is 1.12 bits per heavy atom. The molecule has 0 radical (unpaired) electrons. The Kier molecular flexibility index (Phi) is 4.83. The predicted molar refractivity (Wildman–Crippen MR) is 95.2 cm³/mol. The molecule has 0 aromatic heterocycles. The van der Waals surface area contributed by atoms with E-state index in [1.807, 2.05) is 0 Å². The summed E-state index contributed by atoms with van der Waals surface area (Å²) in [5.41, 5.74) is 1.27. The molecule has 7 nitrogen and oxygen atoms in total. The van der Waals surface area contributed by atoms with Crippen LogP contribution in [0.4, 0.5) is 17.1 Å². The van der Waals surface area contributed by atoms with Crippen LogP contribution in [-0.2, 0) is 0 Å². The molecule has 1 aliphatic heterocycles. The van der Waals surface area contributed by atoms with Gasteiger partial charge in [0.15, 0.2) is 0 Å². The van der Waals surface area contributed by atoms with Crippen LogP contribution in [0.2, 0.25) is 0 Å². The number of non-ortho nitro benzene ring substituents is 1. The topological polar surface area (TPSA) is 95.7 Å². The molecule has 0 bridgehead atoms. The van der Waals surface area contributed by atoms with Crippen LogP contribution < -0.4 is 10.2 Å². The molecule has 0 atom stereocenters. The molecule has 1 heterocycles. The Bertz CT molecular complexity index is 801. The molecular weight excluding hydrogens is 322 g/mol. The van der Waals surface area contributed by atoms with Gasteiger partial charge in [0.2, 0.25) is 0 Å². The number of benzene rings is 2. The first-order chi connectivity index (χ1) is 12.0. The SMILES string of the molecule is O=C(Nc1cccc(O)c1)c1cc([N+](=O)[O-])ccc1N1CCCCC1. The molecule has 1 aliphatic rings. The Morgan fingerprint density at radius 3 is 2.56 bits per heavy atom. The first-order valence-corrected chi connectivity index (χ1v) is 8.18. The van der Waals surface area contributed by atoms with E-state index in [1.54, 1.807) is 18.2 Å². The van der Waals surface area contributed by atoms with Crippen LogP contribution >= 0.6 is 0 Å². The number of rotatable bonds is 4. The van der Waals surface area contributed by atoms with Crippen molar-refractivity contribution in [3.63, 3.8) is 0 Å². The number of carbonyl (C=O) groups excluding carboxylic acids is 1. The van der Waals surface area contributed by atoms with E-state index in [9.17, 15) is 20.0 Å². The molecule has 2 N–H and O–H groups in total. The van der Waals surface area contributed by atoms with Gasteiger partial charge >= 0.3 is 0 Å². The van der Waals surface area contributed by atoms with Crippen molar-refractivity contribution in [2.45, 2.75) is 19.3 Å². The number of aromatic hydroxyl groups is 1. The highest BCUT2D eigenvalue weighted by Crippen LogP contribution is 2.29. The number of anilines is 2. The lowest BCUT2D eigenvalue weighted by atomic mass is 10.1. The van der Waals surface area contributed by atoms with Gasteiger partial charge in [0.05, 0.1) is 16.2 Å². The number of nitrogens with zero attached hydrogens (tertiary/aromatic N) is 2. The van der Waals surface area contributed by atoms with Gasteiger partial charge in [0.1, 0.15) is 5.75 Å². The van der Waals surface area contributed by atoms with Crippen LogP contribution in [0.15, 0.2) is 42.5 Å². The number of nitro groups is 1. The van der Waals surface area contributed by atoms with Crippen molar-refractivity contribution < 1.29 is 14.8 Å². The molecule has 1 fully saturated rings. The summed E-state index contributed by atoms with van der Waals surface area (Å²) < 4.78 is 0. The van der Waals surface area contributed by atoms with E-state index in [4.69, 9.17) is 0 Å². The molecule has 2 aromatic rings. The Balaban J connectivity index is 1.94. The molecule has 2 aromatic carbocycles. The lowest BCUT2D eigenvalue weighted by Gasteiger charge is -2.30. The molecule has 1 saturated heterocycles. The van der Waals surface area contributed by atoms with Gasteiger partial charge in [-0.05, 0) is 37.5 Å². The van der Waals surface area contributed by atoms with Crippen molar-refractivity contribution in [2.75, 3.05) is 23.3 Å². The quantitative estimate of drug-likeness (QED) is 0.655. The summed E-state index contributed by atoms with van der Waals surface area (Å²) in [4.78, 5) is 25.4. The fourth-order valence-electron chi connectivity index (χ4n) is 3.01. The first kappa shape index (κ1) is 16.8. The van der Waals surface area contributed by atoms with Gasteiger partial charge in [-0.15, -0.1) is 0 Å². The molecule has 25 heavy (non-hydrogen) atoms. The summed E-state index contributed by atoms with van der Waals surface area (Å²) >= 11 is 0. The third-order valence-electron chi connectivity index (χ3n) is 4.24. The van der Waals surface area contributed by atoms with Crippen LogP contribution in [0.3, 0.4) is 0 Å². The molecule has 0 unspecified atom stereocenters. The standard InChI is InChI=1S/C18H19N3O4/c22-15-6-4-5-13(11-15)19-18(23)16-12-14(21(24)25)7-8-17(16)20-9-2-1-3-10-20/h4-8,11-12,22H,1-3,9-10H2,(H,19,23). The number of amides is 1. The zero-order valence-corrected chi connectivity index (χ0v) is 13.6. The summed E-state index contributed by atoms with van der Waals surface area (Å²) in [7, 11) is 0. The second-order valence-corrected chi connectivity index (χ2v) is 6.01. The van der Waals surface area contributed by atoms with Crippen LogP contribution in [0.5, 0.6) is 5.75 Å². The fourth-order valence-corrected chi connectivity index (χ4v) is 3.01. The number of hydrogen-bond acceptors (Lipinski definition) is 5. The van der Waals surface area contributed by atoms with E-state index >= 15 is 0 Å². The normalized spacial score (nSPS) is 14.2. The number of piperidine rings is 1. The van der Waals surface area contributed by atoms with Crippen molar-refractivity contribution >= 4 is 23.0 Å². The van der Waals surface area contributed by atoms with Crippen molar-refractivity contribution in [1.29, 1.82) is 0 Å². The second-order valence-electron chi connectivity index (χ2n) is 6.01. The zero-order valence-electron chi connectivity index (χ0n) is 13.6.